The minimum absolute atomic E-state index is 0. The SMILES string of the molecule is Cl.Cl.NC1CCC(C(=O)Nc2cc(Cl)ccc2NC2CC2)C1. The van der Waals surface area contributed by atoms with Gasteiger partial charge in [0.1, 0.15) is 0 Å². The molecular weight excluding hydrogens is 345 g/mol. The molecule has 1 aromatic carbocycles. The Balaban J connectivity index is 0.00000121. The molecule has 2 unspecified atom stereocenters. The lowest BCUT2D eigenvalue weighted by Gasteiger charge is -2.15. The second kappa shape index (κ2) is 8.25. The Hall–Kier alpha value is -0.680. The number of carbonyl (C=O) groups is 1. The van der Waals surface area contributed by atoms with Crippen molar-refractivity contribution >= 4 is 53.7 Å². The van der Waals surface area contributed by atoms with Gasteiger partial charge in [0, 0.05) is 23.0 Å². The Kier molecular flexibility index (Phi) is 7.26. The van der Waals surface area contributed by atoms with E-state index in [1.807, 2.05) is 12.1 Å². The largest absolute Gasteiger partial charge is 0.381 e. The third kappa shape index (κ3) is 4.92. The van der Waals surface area contributed by atoms with Gasteiger partial charge in [-0.3, -0.25) is 4.79 Å². The number of anilines is 2. The van der Waals surface area contributed by atoms with E-state index in [0.717, 1.165) is 30.6 Å². The highest BCUT2D eigenvalue weighted by molar-refractivity contribution is 6.31. The summed E-state index contributed by atoms with van der Waals surface area (Å²) in [5.74, 6) is 0.0804. The van der Waals surface area contributed by atoms with Gasteiger partial charge in [-0.1, -0.05) is 11.6 Å². The molecule has 2 aliphatic rings. The van der Waals surface area contributed by atoms with Crippen molar-refractivity contribution in [3.8, 4) is 0 Å². The van der Waals surface area contributed by atoms with E-state index in [2.05, 4.69) is 10.6 Å². The standard InChI is InChI=1S/C15H20ClN3O.2ClH/c16-10-2-6-13(18-12-4-5-12)14(8-10)19-15(20)9-1-3-11(17)7-9;;/h2,6,8-9,11-12,18H,1,3-5,7,17H2,(H,19,20);2*1H. The first-order chi connectivity index (χ1) is 9.61. The molecule has 22 heavy (non-hydrogen) atoms. The van der Waals surface area contributed by atoms with Gasteiger partial charge in [0.2, 0.25) is 5.91 Å². The Morgan fingerprint density at radius 2 is 1.86 bits per heavy atom. The van der Waals surface area contributed by atoms with Gasteiger partial charge >= 0.3 is 0 Å². The quantitative estimate of drug-likeness (QED) is 0.758. The summed E-state index contributed by atoms with van der Waals surface area (Å²) in [7, 11) is 0. The maximum absolute atomic E-state index is 12.3. The van der Waals surface area contributed by atoms with E-state index in [4.69, 9.17) is 17.3 Å². The van der Waals surface area contributed by atoms with Crippen LogP contribution in [-0.4, -0.2) is 18.0 Å². The zero-order valence-electron chi connectivity index (χ0n) is 12.2. The van der Waals surface area contributed by atoms with E-state index >= 15 is 0 Å². The Labute approximate surface area is 148 Å². The fraction of sp³-hybridized carbons (Fsp3) is 0.533. The Morgan fingerprint density at radius 3 is 2.45 bits per heavy atom. The lowest BCUT2D eigenvalue weighted by Crippen LogP contribution is -2.23. The van der Waals surface area contributed by atoms with Gasteiger partial charge in [0.15, 0.2) is 0 Å². The fourth-order valence-electron chi connectivity index (χ4n) is 2.68. The van der Waals surface area contributed by atoms with E-state index in [-0.39, 0.29) is 42.7 Å². The van der Waals surface area contributed by atoms with E-state index in [0.29, 0.717) is 11.1 Å². The average molecular weight is 367 g/mol. The molecule has 2 fully saturated rings. The molecule has 0 heterocycles. The molecule has 2 saturated carbocycles. The highest BCUT2D eigenvalue weighted by Gasteiger charge is 2.28. The molecule has 124 valence electrons. The van der Waals surface area contributed by atoms with Crippen LogP contribution < -0.4 is 16.4 Å². The molecule has 1 amide bonds. The zero-order chi connectivity index (χ0) is 14.1. The van der Waals surface area contributed by atoms with Gasteiger partial charge in [-0.05, 0) is 50.3 Å². The molecule has 0 spiro atoms. The third-order valence-electron chi connectivity index (χ3n) is 4.02. The van der Waals surface area contributed by atoms with Crippen molar-refractivity contribution < 1.29 is 4.79 Å². The topological polar surface area (TPSA) is 67.2 Å². The van der Waals surface area contributed by atoms with Crippen molar-refractivity contribution in [2.75, 3.05) is 10.6 Å². The molecule has 1 aromatic rings. The van der Waals surface area contributed by atoms with E-state index in [1.165, 1.54) is 12.8 Å². The molecule has 0 saturated heterocycles. The summed E-state index contributed by atoms with van der Waals surface area (Å²) < 4.78 is 0. The van der Waals surface area contributed by atoms with Gasteiger partial charge < -0.3 is 16.4 Å². The minimum atomic E-state index is 0. The molecular formula is C15H22Cl3N3O. The molecule has 2 atom stereocenters. The van der Waals surface area contributed by atoms with Crippen LogP contribution in [-0.2, 0) is 4.79 Å². The van der Waals surface area contributed by atoms with Crippen LogP contribution >= 0.6 is 36.4 Å². The number of nitrogens with two attached hydrogens (primary N) is 1. The predicted octanol–water partition coefficient (Wildman–Crippen LogP) is 3.82. The van der Waals surface area contributed by atoms with Crippen molar-refractivity contribution in [1.82, 2.24) is 0 Å². The van der Waals surface area contributed by atoms with Gasteiger partial charge in [0.25, 0.3) is 0 Å². The normalized spacial score (nSPS) is 23.2. The summed E-state index contributed by atoms with van der Waals surface area (Å²) in [6.07, 6.45) is 4.96. The van der Waals surface area contributed by atoms with Gasteiger partial charge in [0.05, 0.1) is 11.4 Å². The van der Waals surface area contributed by atoms with Gasteiger partial charge in [-0.2, -0.15) is 0 Å². The van der Waals surface area contributed by atoms with Crippen molar-refractivity contribution in [2.24, 2.45) is 11.7 Å². The van der Waals surface area contributed by atoms with Crippen LogP contribution in [0.1, 0.15) is 32.1 Å². The lowest BCUT2D eigenvalue weighted by molar-refractivity contribution is -0.119. The first-order valence-corrected chi connectivity index (χ1v) is 7.62. The number of carbonyl (C=O) groups excluding carboxylic acids is 1. The summed E-state index contributed by atoms with van der Waals surface area (Å²) in [6, 6.07) is 6.27. The summed E-state index contributed by atoms with van der Waals surface area (Å²) in [5, 5.41) is 7.05. The van der Waals surface area contributed by atoms with Crippen molar-refractivity contribution in [2.45, 2.75) is 44.2 Å². The second-order valence-corrected chi connectivity index (χ2v) is 6.30. The number of halogens is 3. The van der Waals surface area contributed by atoms with E-state index in [1.54, 1.807) is 6.07 Å². The number of nitrogens with one attached hydrogen (secondary N) is 2. The maximum atomic E-state index is 12.3. The average Bonchev–Trinajstić information content (AvgIpc) is 3.12. The van der Waals surface area contributed by atoms with Crippen molar-refractivity contribution in [3.05, 3.63) is 23.2 Å². The van der Waals surface area contributed by atoms with Crippen LogP contribution in [0.3, 0.4) is 0 Å². The number of hydrogen-bond acceptors (Lipinski definition) is 3. The summed E-state index contributed by atoms with van der Waals surface area (Å²) in [5.41, 5.74) is 7.60. The summed E-state index contributed by atoms with van der Waals surface area (Å²) >= 11 is 6.04. The van der Waals surface area contributed by atoms with Crippen LogP contribution in [0, 0.1) is 5.92 Å². The summed E-state index contributed by atoms with van der Waals surface area (Å²) in [4.78, 5) is 12.3. The molecule has 0 aromatic heterocycles. The molecule has 4 nitrogen and oxygen atoms in total. The van der Waals surface area contributed by atoms with Gasteiger partial charge in [-0.25, -0.2) is 0 Å². The van der Waals surface area contributed by atoms with Crippen LogP contribution in [0.5, 0.6) is 0 Å². The van der Waals surface area contributed by atoms with Crippen LogP contribution in [0.4, 0.5) is 11.4 Å². The third-order valence-corrected chi connectivity index (χ3v) is 4.26. The molecule has 4 N–H and O–H groups in total. The minimum Gasteiger partial charge on any atom is -0.381 e. The fourth-order valence-corrected chi connectivity index (χ4v) is 2.85. The maximum Gasteiger partial charge on any atom is 0.227 e. The zero-order valence-corrected chi connectivity index (χ0v) is 14.6. The predicted molar refractivity (Wildman–Crippen MR) is 96.5 cm³/mol. The first-order valence-electron chi connectivity index (χ1n) is 7.24. The molecule has 7 heteroatoms. The van der Waals surface area contributed by atoms with Crippen LogP contribution in [0.25, 0.3) is 0 Å². The van der Waals surface area contributed by atoms with Crippen molar-refractivity contribution in [1.29, 1.82) is 0 Å². The van der Waals surface area contributed by atoms with Crippen LogP contribution in [0.15, 0.2) is 18.2 Å². The summed E-state index contributed by atoms with van der Waals surface area (Å²) in [6.45, 7) is 0. The molecule has 2 aliphatic carbocycles. The number of amides is 1. The monoisotopic (exact) mass is 365 g/mol. The molecule has 0 aliphatic heterocycles. The number of benzene rings is 1. The first kappa shape index (κ1) is 19.4. The Morgan fingerprint density at radius 1 is 1.14 bits per heavy atom. The lowest BCUT2D eigenvalue weighted by atomic mass is 10.1. The highest BCUT2D eigenvalue weighted by Crippen LogP contribution is 2.33. The highest BCUT2D eigenvalue weighted by atomic mass is 35.5. The van der Waals surface area contributed by atoms with E-state index in [9.17, 15) is 4.79 Å². The number of hydrogen-bond donors (Lipinski definition) is 3. The Bertz CT molecular complexity index is 523. The number of rotatable bonds is 4. The van der Waals surface area contributed by atoms with Gasteiger partial charge in [-0.15, -0.1) is 24.8 Å². The molecule has 0 bridgehead atoms. The second-order valence-electron chi connectivity index (χ2n) is 5.87. The van der Waals surface area contributed by atoms with Crippen molar-refractivity contribution in [3.63, 3.8) is 0 Å². The molecule has 0 radical (unpaired) electrons. The smallest absolute Gasteiger partial charge is 0.227 e. The molecule has 3 rings (SSSR count). The van der Waals surface area contributed by atoms with E-state index < -0.39 is 0 Å². The van der Waals surface area contributed by atoms with Crippen LogP contribution in [0.2, 0.25) is 5.02 Å².